The minimum atomic E-state index is -0.353. The Labute approximate surface area is 111 Å². The number of nitrogens with zero attached hydrogens (tertiary/aromatic N) is 2. The summed E-state index contributed by atoms with van der Waals surface area (Å²) < 4.78 is 12.7. The Hall–Kier alpha value is -1.28. The van der Waals surface area contributed by atoms with Crippen LogP contribution in [0.4, 0.5) is 0 Å². The predicted octanol–water partition coefficient (Wildman–Crippen LogP) is 2.66. The van der Waals surface area contributed by atoms with Crippen molar-refractivity contribution in [3.8, 4) is 10.8 Å². The number of ether oxygens (including phenoxy) is 1. The van der Waals surface area contributed by atoms with E-state index >= 15 is 0 Å². The molecule has 0 radical (unpaired) electrons. The van der Waals surface area contributed by atoms with Gasteiger partial charge in [0.15, 0.2) is 5.82 Å². The van der Waals surface area contributed by atoms with Crippen LogP contribution in [0.2, 0.25) is 0 Å². The molecule has 3 aromatic rings. The minimum Gasteiger partial charge on any atom is -0.383 e. The third-order valence-electron chi connectivity index (χ3n) is 2.47. The monoisotopic (exact) mass is 281 g/mol. The molecule has 0 aliphatic heterocycles. The molecule has 3 rings (SSSR count). The number of fused-ring (bicyclic) bond motifs is 1. The molecule has 3 aromatic heterocycles. The number of nitrogens with two attached hydrogens (primary N) is 1. The SMILES string of the molecule is COCC(N)c1noc(-c2cc3sccc3s2)n1. The Morgan fingerprint density at radius 3 is 3.17 bits per heavy atom. The summed E-state index contributed by atoms with van der Waals surface area (Å²) in [5.74, 6) is 0.994. The van der Waals surface area contributed by atoms with Gasteiger partial charge in [-0.15, -0.1) is 22.7 Å². The summed E-state index contributed by atoms with van der Waals surface area (Å²) in [6.07, 6.45) is 0. The number of thiophene rings is 2. The highest BCUT2D eigenvalue weighted by Crippen LogP contribution is 2.35. The van der Waals surface area contributed by atoms with Crippen molar-refractivity contribution >= 4 is 32.1 Å². The highest BCUT2D eigenvalue weighted by Gasteiger charge is 2.16. The van der Waals surface area contributed by atoms with Gasteiger partial charge < -0.3 is 15.0 Å². The number of hydrogen-bond donors (Lipinski definition) is 1. The molecule has 0 amide bonds. The Balaban J connectivity index is 1.90. The lowest BCUT2D eigenvalue weighted by molar-refractivity contribution is 0.177. The van der Waals surface area contributed by atoms with Crippen molar-refractivity contribution in [1.29, 1.82) is 0 Å². The van der Waals surface area contributed by atoms with Gasteiger partial charge in [0.2, 0.25) is 0 Å². The summed E-state index contributed by atoms with van der Waals surface area (Å²) in [6, 6.07) is 3.79. The highest BCUT2D eigenvalue weighted by molar-refractivity contribution is 7.28. The summed E-state index contributed by atoms with van der Waals surface area (Å²) >= 11 is 3.34. The van der Waals surface area contributed by atoms with Gasteiger partial charge in [-0.2, -0.15) is 4.98 Å². The maximum absolute atomic E-state index is 5.85. The average molecular weight is 281 g/mol. The van der Waals surface area contributed by atoms with E-state index in [0.29, 0.717) is 18.3 Å². The van der Waals surface area contributed by atoms with Crippen LogP contribution in [-0.2, 0) is 4.74 Å². The summed E-state index contributed by atoms with van der Waals surface area (Å²) in [7, 11) is 1.59. The van der Waals surface area contributed by atoms with Gasteiger partial charge in [0.05, 0.1) is 17.5 Å². The van der Waals surface area contributed by atoms with E-state index in [0.717, 1.165) is 4.88 Å². The van der Waals surface area contributed by atoms with Crippen LogP contribution in [0.1, 0.15) is 11.9 Å². The van der Waals surface area contributed by atoms with E-state index in [1.807, 2.05) is 0 Å². The molecule has 0 aromatic carbocycles. The molecule has 18 heavy (non-hydrogen) atoms. The maximum atomic E-state index is 5.85. The molecule has 0 aliphatic carbocycles. The molecule has 5 nitrogen and oxygen atoms in total. The first-order chi connectivity index (χ1) is 8.78. The van der Waals surface area contributed by atoms with Crippen LogP contribution in [0, 0.1) is 0 Å². The zero-order chi connectivity index (χ0) is 12.5. The molecule has 1 unspecified atom stereocenters. The topological polar surface area (TPSA) is 74.2 Å². The van der Waals surface area contributed by atoms with Crippen LogP contribution in [0.3, 0.4) is 0 Å². The van der Waals surface area contributed by atoms with Crippen molar-refractivity contribution in [2.75, 3.05) is 13.7 Å². The van der Waals surface area contributed by atoms with E-state index in [1.165, 1.54) is 9.40 Å². The molecule has 0 aliphatic rings. The first kappa shape index (κ1) is 11.8. The van der Waals surface area contributed by atoms with Gasteiger partial charge in [-0.25, -0.2) is 0 Å². The molecule has 7 heteroatoms. The van der Waals surface area contributed by atoms with Gasteiger partial charge in [0.25, 0.3) is 5.89 Å². The highest BCUT2D eigenvalue weighted by atomic mass is 32.1. The molecule has 0 saturated heterocycles. The summed E-state index contributed by atoms with van der Waals surface area (Å²) in [6.45, 7) is 0.374. The standard InChI is InChI=1S/C11H11N3O2S2/c1-15-5-6(12)10-13-11(16-14-10)9-4-8-7(18-9)2-3-17-8/h2-4,6H,5,12H2,1H3. The first-order valence-electron chi connectivity index (χ1n) is 5.33. The smallest absolute Gasteiger partial charge is 0.268 e. The van der Waals surface area contributed by atoms with Crippen molar-refractivity contribution in [2.24, 2.45) is 5.73 Å². The van der Waals surface area contributed by atoms with Crippen molar-refractivity contribution in [1.82, 2.24) is 10.1 Å². The zero-order valence-corrected chi connectivity index (χ0v) is 11.3. The van der Waals surface area contributed by atoms with Crippen molar-refractivity contribution in [2.45, 2.75) is 6.04 Å². The summed E-state index contributed by atoms with van der Waals surface area (Å²) in [5, 5.41) is 5.95. The third kappa shape index (κ3) is 2.05. The van der Waals surface area contributed by atoms with Gasteiger partial charge in [0, 0.05) is 16.5 Å². The molecular formula is C11H11N3O2S2. The fourth-order valence-corrected chi connectivity index (χ4v) is 3.64. The van der Waals surface area contributed by atoms with E-state index in [1.54, 1.807) is 29.8 Å². The molecule has 0 saturated carbocycles. The van der Waals surface area contributed by atoms with E-state index in [-0.39, 0.29) is 6.04 Å². The van der Waals surface area contributed by atoms with Crippen molar-refractivity contribution < 1.29 is 9.26 Å². The number of rotatable bonds is 4. The lowest BCUT2D eigenvalue weighted by Crippen LogP contribution is -2.17. The van der Waals surface area contributed by atoms with Gasteiger partial charge in [-0.05, 0) is 17.5 Å². The lowest BCUT2D eigenvalue weighted by atomic mass is 10.3. The minimum absolute atomic E-state index is 0.353. The fraction of sp³-hybridized carbons (Fsp3) is 0.273. The molecule has 2 N–H and O–H groups in total. The van der Waals surface area contributed by atoms with Gasteiger partial charge >= 0.3 is 0 Å². The summed E-state index contributed by atoms with van der Waals surface area (Å²) in [5.41, 5.74) is 5.85. The fourth-order valence-electron chi connectivity index (χ4n) is 1.61. The van der Waals surface area contributed by atoms with Crippen LogP contribution < -0.4 is 5.73 Å². The van der Waals surface area contributed by atoms with Gasteiger partial charge in [-0.1, -0.05) is 5.16 Å². The van der Waals surface area contributed by atoms with E-state index in [2.05, 4.69) is 27.7 Å². The van der Waals surface area contributed by atoms with Crippen LogP contribution in [0.5, 0.6) is 0 Å². The van der Waals surface area contributed by atoms with Crippen LogP contribution >= 0.6 is 22.7 Å². The molecule has 1 atom stereocenters. The molecule has 0 fully saturated rings. The zero-order valence-electron chi connectivity index (χ0n) is 9.62. The second kappa shape index (κ2) is 4.77. The molecule has 94 valence electrons. The molecular weight excluding hydrogens is 270 g/mol. The lowest BCUT2D eigenvalue weighted by Gasteiger charge is -2.02. The quantitative estimate of drug-likeness (QED) is 0.795. The second-order valence-corrected chi connectivity index (χ2v) is 5.81. The Morgan fingerprint density at radius 1 is 1.50 bits per heavy atom. The van der Waals surface area contributed by atoms with Crippen LogP contribution in [0.25, 0.3) is 20.2 Å². The Morgan fingerprint density at radius 2 is 2.39 bits per heavy atom. The number of aromatic nitrogens is 2. The predicted molar refractivity (Wildman–Crippen MR) is 71.8 cm³/mol. The molecule has 0 bridgehead atoms. The van der Waals surface area contributed by atoms with Gasteiger partial charge in [-0.3, -0.25) is 0 Å². The first-order valence-corrected chi connectivity index (χ1v) is 7.03. The summed E-state index contributed by atoms with van der Waals surface area (Å²) in [4.78, 5) is 5.28. The second-order valence-electron chi connectivity index (χ2n) is 3.78. The Kier molecular flexibility index (Phi) is 3.13. The van der Waals surface area contributed by atoms with E-state index < -0.39 is 0 Å². The molecule has 0 spiro atoms. The van der Waals surface area contributed by atoms with Crippen LogP contribution in [-0.4, -0.2) is 23.9 Å². The maximum Gasteiger partial charge on any atom is 0.268 e. The normalized spacial score (nSPS) is 13.2. The number of methoxy groups -OCH3 is 1. The Bertz CT molecular complexity index is 629. The van der Waals surface area contributed by atoms with Crippen LogP contribution in [0.15, 0.2) is 22.0 Å². The van der Waals surface area contributed by atoms with Crippen molar-refractivity contribution in [3.63, 3.8) is 0 Å². The van der Waals surface area contributed by atoms with Gasteiger partial charge in [0.1, 0.15) is 0 Å². The largest absolute Gasteiger partial charge is 0.383 e. The number of hydrogen-bond acceptors (Lipinski definition) is 7. The average Bonchev–Trinajstić information content (AvgIpc) is 3.03. The third-order valence-corrected chi connectivity index (χ3v) is 4.55. The van der Waals surface area contributed by atoms with E-state index in [4.69, 9.17) is 15.0 Å². The molecule has 3 heterocycles. The van der Waals surface area contributed by atoms with E-state index in [9.17, 15) is 0 Å². The van der Waals surface area contributed by atoms with Crippen molar-refractivity contribution in [3.05, 3.63) is 23.3 Å².